The minimum Gasteiger partial charge on any atom is -0.309 e. The van der Waals surface area contributed by atoms with Crippen LogP contribution in [0.15, 0.2) is 140 Å². The lowest BCUT2D eigenvalue weighted by molar-refractivity contribution is 1.16. The third-order valence-corrected chi connectivity index (χ3v) is 14.4. The Kier molecular flexibility index (Phi) is 5.60. The van der Waals surface area contributed by atoms with Crippen LogP contribution >= 0.6 is 11.3 Å². The molecule has 1 aliphatic heterocycles. The second-order valence-electron chi connectivity index (χ2n) is 13.0. The van der Waals surface area contributed by atoms with Crippen LogP contribution in [0.4, 0.5) is 0 Å². The van der Waals surface area contributed by atoms with Gasteiger partial charge in [0, 0.05) is 53.0 Å². The highest BCUT2D eigenvalue weighted by molar-refractivity contribution is 7.26. The molecule has 10 rings (SSSR count). The van der Waals surface area contributed by atoms with Gasteiger partial charge < -0.3 is 4.57 Å². The van der Waals surface area contributed by atoms with Crippen LogP contribution in [0.3, 0.4) is 0 Å². The first kappa shape index (κ1) is 26.8. The van der Waals surface area contributed by atoms with Crippen molar-refractivity contribution in [3.63, 3.8) is 0 Å². The van der Waals surface area contributed by atoms with Crippen LogP contribution in [0.25, 0.3) is 81.4 Å². The second kappa shape index (κ2) is 9.82. The Balaban J connectivity index is 1.33. The first-order chi connectivity index (χ1) is 23.1. The maximum absolute atomic E-state index is 5.46. The van der Waals surface area contributed by atoms with Crippen molar-refractivity contribution in [2.45, 2.75) is 13.1 Å². The van der Waals surface area contributed by atoms with Gasteiger partial charge >= 0.3 is 0 Å². The summed E-state index contributed by atoms with van der Waals surface area (Å²) in [7, 11) is -2.09. The van der Waals surface area contributed by atoms with Crippen LogP contribution in [0.1, 0.15) is 0 Å². The van der Waals surface area contributed by atoms with Crippen LogP contribution in [0.2, 0.25) is 13.1 Å². The highest BCUT2D eigenvalue weighted by Crippen LogP contribution is 2.45. The smallest absolute Gasteiger partial charge is 0.159 e. The van der Waals surface area contributed by atoms with Gasteiger partial charge in [0.1, 0.15) is 8.07 Å². The van der Waals surface area contributed by atoms with Gasteiger partial charge in [0.25, 0.3) is 0 Å². The van der Waals surface area contributed by atoms with E-state index >= 15 is 0 Å². The SMILES string of the molecule is C[Si]1(C)c2ccccc2-c2c(-c3ccccc3-n3c4ccccc4c4c5c(ccc43)sc3ccccc35)nc(-c3ccccc3)nc21. The van der Waals surface area contributed by atoms with Gasteiger partial charge in [-0.2, -0.15) is 0 Å². The van der Waals surface area contributed by atoms with E-state index < -0.39 is 8.07 Å². The van der Waals surface area contributed by atoms with Crippen molar-refractivity contribution in [3.05, 3.63) is 140 Å². The zero-order valence-corrected chi connectivity index (χ0v) is 27.8. The van der Waals surface area contributed by atoms with E-state index in [1.807, 2.05) is 11.3 Å². The molecule has 0 spiro atoms. The van der Waals surface area contributed by atoms with Gasteiger partial charge in [-0.15, -0.1) is 11.3 Å². The van der Waals surface area contributed by atoms with Crippen molar-refractivity contribution in [1.29, 1.82) is 0 Å². The van der Waals surface area contributed by atoms with Crippen molar-refractivity contribution in [3.8, 4) is 39.5 Å². The molecule has 47 heavy (non-hydrogen) atoms. The normalized spacial score (nSPS) is 13.5. The average Bonchev–Trinajstić information content (AvgIpc) is 3.74. The summed E-state index contributed by atoms with van der Waals surface area (Å²) in [4.78, 5) is 10.8. The minimum atomic E-state index is -2.09. The minimum absolute atomic E-state index is 0.788. The lowest BCUT2D eigenvalue weighted by Crippen LogP contribution is -2.50. The fourth-order valence-electron chi connectivity index (χ4n) is 7.86. The largest absolute Gasteiger partial charge is 0.309 e. The number of hydrogen-bond donors (Lipinski definition) is 0. The summed E-state index contributed by atoms with van der Waals surface area (Å²) in [6, 6.07) is 50.5. The molecule has 0 aliphatic carbocycles. The van der Waals surface area contributed by atoms with Crippen LogP contribution in [0, 0.1) is 0 Å². The summed E-state index contributed by atoms with van der Waals surface area (Å²) in [5, 5.41) is 7.87. The highest BCUT2D eigenvalue weighted by Gasteiger charge is 2.41. The van der Waals surface area contributed by atoms with Crippen LogP contribution in [-0.2, 0) is 0 Å². The van der Waals surface area contributed by atoms with Gasteiger partial charge in [0.05, 0.1) is 22.4 Å². The number of para-hydroxylation sites is 2. The van der Waals surface area contributed by atoms with E-state index in [4.69, 9.17) is 9.97 Å². The summed E-state index contributed by atoms with van der Waals surface area (Å²) in [6.07, 6.45) is 0. The Labute approximate surface area is 277 Å². The standard InChI is InChI=1S/C42H29N3SSi/c1-47(2)36-23-13-9-19-30(36)39-40(43-41(44-42(39)47)26-14-4-3-5-15-26)28-17-7-11-21-32(28)45-31-20-10-6-16-27(31)37-33(45)24-25-35-38(37)29-18-8-12-22-34(29)46-35/h3-25H,1-2H3. The van der Waals surface area contributed by atoms with Crippen molar-refractivity contribution in [1.82, 2.24) is 14.5 Å². The zero-order valence-electron chi connectivity index (χ0n) is 26.0. The summed E-state index contributed by atoms with van der Waals surface area (Å²) in [6.45, 7) is 4.86. The molecule has 0 fully saturated rings. The first-order valence-electron chi connectivity index (χ1n) is 16.1. The van der Waals surface area contributed by atoms with E-state index in [9.17, 15) is 0 Å². The van der Waals surface area contributed by atoms with E-state index in [-0.39, 0.29) is 0 Å². The molecule has 3 aromatic heterocycles. The fourth-order valence-corrected chi connectivity index (χ4v) is 11.9. The summed E-state index contributed by atoms with van der Waals surface area (Å²) in [5.41, 5.74) is 9.15. The maximum atomic E-state index is 5.46. The number of hydrogen-bond acceptors (Lipinski definition) is 3. The van der Waals surface area contributed by atoms with Crippen LogP contribution in [0.5, 0.6) is 0 Å². The maximum Gasteiger partial charge on any atom is 0.159 e. The van der Waals surface area contributed by atoms with Crippen molar-refractivity contribution in [2.75, 3.05) is 0 Å². The number of benzene rings is 6. The molecule has 222 valence electrons. The van der Waals surface area contributed by atoms with Gasteiger partial charge in [-0.3, -0.25) is 0 Å². The van der Waals surface area contributed by atoms with Gasteiger partial charge in [-0.1, -0.05) is 122 Å². The third-order valence-electron chi connectivity index (χ3n) is 9.98. The molecule has 4 heterocycles. The fraction of sp³-hybridized carbons (Fsp3) is 0.0476. The quantitative estimate of drug-likeness (QED) is 0.181. The molecule has 0 radical (unpaired) electrons. The summed E-state index contributed by atoms with van der Waals surface area (Å²) in [5.74, 6) is 0.788. The monoisotopic (exact) mass is 635 g/mol. The lowest BCUT2D eigenvalue weighted by Gasteiger charge is -2.20. The summed E-state index contributed by atoms with van der Waals surface area (Å²) >= 11 is 1.87. The Hall–Kier alpha value is -5.36. The zero-order chi connectivity index (χ0) is 31.3. The van der Waals surface area contributed by atoms with Gasteiger partial charge in [-0.05, 0) is 41.1 Å². The molecule has 1 aliphatic rings. The van der Waals surface area contributed by atoms with Gasteiger partial charge in [0.15, 0.2) is 5.82 Å². The number of nitrogens with zero attached hydrogens (tertiary/aromatic N) is 3. The van der Waals surface area contributed by atoms with Gasteiger partial charge in [-0.25, -0.2) is 9.97 Å². The number of rotatable bonds is 3. The van der Waals surface area contributed by atoms with Gasteiger partial charge in [0.2, 0.25) is 0 Å². The Bertz CT molecular complexity index is 2720. The lowest BCUT2D eigenvalue weighted by atomic mass is 9.99. The molecule has 0 saturated heterocycles. The topological polar surface area (TPSA) is 30.7 Å². The molecular weight excluding hydrogens is 607 g/mol. The molecule has 3 nitrogen and oxygen atoms in total. The summed E-state index contributed by atoms with van der Waals surface area (Å²) < 4.78 is 5.11. The van der Waals surface area contributed by atoms with E-state index in [0.717, 1.165) is 28.3 Å². The predicted molar refractivity (Wildman–Crippen MR) is 202 cm³/mol. The van der Waals surface area contributed by atoms with Crippen LogP contribution in [-0.4, -0.2) is 22.6 Å². The average molecular weight is 636 g/mol. The molecule has 0 N–H and O–H groups in total. The molecule has 0 bridgehead atoms. The van der Waals surface area contributed by atoms with E-state index in [1.165, 1.54) is 63.6 Å². The Morgan fingerprint density at radius 2 is 1.26 bits per heavy atom. The third kappa shape index (κ3) is 3.72. The first-order valence-corrected chi connectivity index (χ1v) is 19.9. The molecule has 0 saturated carbocycles. The molecular formula is C42H29N3SSi. The van der Waals surface area contributed by atoms with E-state index in [0.29, 0.717) is 0 Å². The Morgan fingerprint density at radius 3 is 2.13 bits per heavy atom. The van der Waals surface area contributed by atoms with Crippen molar-refractivity contribution >= 4 is 71.9 Å². The van der Waals surface area contributed by atoms with Crippen molar-refractivity contribution in [2.24, 2.45) is 0 Å². The number of fused-ring (bicyclic) bond motifs is 10. The number of aromatic nitrogens is 3. The second-order valence-corrected chi connectivity index (χ2v) is 18.3. The molecule has 0 amide bonds. The van der Waals surface area contributed by atoms with E-state index in [2.05, 4.69) is 157 Å². The highest BCUT2D eigenvalue weighted by atomic mass is 32.1. The van der Waals surface area contributed by atoms with Crippen LogP contribution < -0.4 is 10.5 Å². The molecule has 5 heteroatoms. The molecule has 0 unspecified atom stereocenters. The molecule has 0 atom stereocenters. The molecule has 9 aromatic rings. The Morgan fingerprint density at radius 1 is 0.553 bits per heavy atom. The predicted octanol–water partition coefficient (Wildman–Crippen LogP) is 10.1. The van der Waals surface area contributed by atoms with E-state index in [1.54, 1.807) is 0 Å². The molecule has 6 aromatic carbocycles. The number of thiophene rings is 1. The van der Waals surface area contributed by atoms with Crippen molar-refractivity contribution < 1.29 is 0 Å².